The minimum atomic E-state index is -0.526. The van der Waals surface area contributed by atoms with Crippen LogP contribution in [-0.4, -0.2) is 27.9 Å². The van der Waals surface area contributed by atoms with Gasteiger partial charge in [-0.15, -0.1) is 5.92 Å². The summed E-state index contributed by atoms with van der Waals surface area (Å²) >= 11 is 6.03. The third kappa shape index (κ3) is 3.13. The Bertz CT molecular complexity index is 678. The average molecular weight is 335 g/mol. The van der Waals surface area contributed by atoms with Crippen molar-refractivity contribution < 1.29 is 14.3 Å². The van der Waals surface area contributed by atoms with Crippen LogP contribution in [-0.2, 0) is 11.3 Å². The molecule has 1 unspecified atom stereocenters. The van der Waals surface area contributed by atoms with Crippen LogP contribution in [0.3, 0.4) is 0 Å². The number of carbonyl (C=O) groups is 2. The van der Waals surface area contributed by atoms with E-state index in [2.05, 4.69) is 16.8 Å². The van der Waals surface area contributed by atoms with Gasteiger partial charge in [0.25, 0.3) is 0 Å². The van der Waals surface area contributed by atoms with Gasteiger partial charge in [-0.3, -0.25) is 9.36 Å². The predicted molar refractivity (Wildman–Crippen MR) is 85.3 cm³/mol. The maximum Gasteiger partial charge on any atom is 0.357 e. The van der Waals surface area contributed by atoms with Crippen molar-refractivity contribution >= 4 is 23.9 Å². The van der Waals surface area contributed by atoms with Gasteiger partial charge in [0.2, 0.25) is 5.28 Å². The van der Waals surface area contributed by atoms with Crippen LogP contribution < -0.4 is 0 Å². The molecular formula is C17H19ClN2O3. The lowest BCUT2D eigenvalue weighted by Crippen LogP contribution is -2.38. The van der Waals surface area contributed by atoms with Crippen molar-refractivity contribution in [1.29, 1.82) is 0 Å². The third-order valence-corrected chi connectivity index (χ3v) is 5.20. The minimum absolute atomic E-state index is 0.0128. The zero-order chi connectivity index (χ0) is 16.4. The van der Waals surface area contributed by atoms with E-state index in [1.54, 1.807) is 6.92 Å². The Morgan fingerprint density at radius 1 is 1.43 bits per heavy atom. The van der Waals surface area contributed by atoms with Crippen molar-refractivity contribution in [3.05, 3.63) is 16.7 Å². The van der Waals surface area contributed by atoms with Crippen molar-refractivity contribution in [3.63, 3.8) is 0 Å². The lowest BCUT2D eigenvalue weighted by Gasteiger charge is -2.41. The van der Waals surface area contributed by atoms with Crippen LogP contribution in [0.5, 0.6) is 0 Å². The fourth-order valence-corrected chi connectivity index (χ4v) is 3.93. The summed E-state index contributed by atoms with van der Waals surface area (Å²) in [6.45, 7) is 1.90. The molecular weight excluding hydrogens is 316 g/mol. The molecule has 5 nitrogen and oxygen atoms in total. The fraction of sp³-hybridized carbons (Fsp3) is 0.588. The van der Waals surface area contributed by atoms with Crippen LogP contribution >= 0.6 is 11.6 Å². The highest BCUT2D eigenvalue weighted by molar-refractivity contribution is 6.29. The highest BCUT2D eigenvalue weighted by Crippen LogP contribution is 2.42. The van der Waals surface area contributed by atoms with Crippen LogP contribution in [0.25, 0.3) is 0 Å². The summed E-state index contributed by atoms with van der Waals surface area (Å²) in [6, 6.07) is 0. The van der Waals surface area contributed by atoms with Gasteiger partial charge in [0.15, 0.2) is 12.0 Å². The molecule has 0 radical (unpaired) electrons. The van der Waals surface area contributed by atoms with Crippen molar-refractivity contribution in [2.45, 2.75) is 51.7 Å². The van der Waals surface area contributed by atoms with Crippen LogP contribution in [0.4, 0.5) is 0 Å². The van der Waals surface area contributed by atoms with Gasteiger partial charge in [-0.05, 0) is 62.5 Å². The third-order valence-electron chi connectivity index (χ3n) is 4.91. The van der Waals surface area contributed by atoms with Crippen molar-refractivity contribution in [3.8, 4) is 11.8 Å². The normalized spacial score (nSPS) is 25.6. The van der Waals surface area contributed by atoms with Gasteiger partial charge in [-0.25, -0.2) is 9.78 Å². The molecule has 23 heavy (non-hydrogen) atoms. The first kappa shape index (κ1) is 16.1. The summed E-state index contributed by atoms with van der Waals surface area (Å²) in [5, 5.41) is 0.0759. The summed E-state index contributed by atoms with van der Waals surface area (Å²) in [6.07, 6.45) is 6.08. The second-order valence-corrected chi connectivity index (χ2v) is 6.54. The Labute approximate surface area is 140 Å². The molecule has 3 saturated carbocycles. The van der Waals surface area contributed by atoms with E-state index in [0.29, 0.717) is 18.1 Å². The van der Waals surface area contributed by atoms with E-state index < -0.39 is 5.97 Å². The topological polar surface area (TPSA) is 61.2 Å². The van der Waals surface area contributed by atoms with E-state index in [9.17, 15) is 9.59 Å². The number of rotatable bonds is 4. The number of imidazole rings is 1. The number of ether oxygens (including phenoxy) is 1. The van der Waals surface area contributed by atoms with Gasteiger partial charge in [-0.1, -0.05) is 5.92 Å². The molecule has 0 aromatic carbocycles. The Hall–Kier alpha value is -1.80. The van der Waals surface area contributed by atoms with Crippen LogP contribution in [0.1, 0.15) is 60.0 Å². The molecule has 6 heteroatoms. The number of halogens is 1. The van der Waals surface area contributed by atoms with E-state index in [0.717, 1.165) is 19.3 Å². The predicted octanol–water partition coefficient (Wildman–Crippen LogP) is 3.11. The molecule has 3 aliphatic carbocycles. The van der Waals surface area contributed by atoms with Gasteiger partial charge in [0.05, 0.1) is 6.54 Å². The highest BCUT2D eigenvalue weighted by Gasteiger charge is 2.38. The first-order valence-electron chi connectivity index (χ1n) is 7.95. The molecule has 3 fully saturated rings. The Kier molecular flexibility index (Phi) is 4.72. The fourth-order valence-electron chi connectivity index (χ4n) is 3.70. The van der Waals surface area contributed by atoms with Crippen LogP contribution in [0.15, 0.2) is 0 Å². The lowest BCUT2D eigenvalue weighted by molar-refractivity contribution is -0.0312. The number of hydrogen-bond acceptors (Lipinski definition) is 4. The van der Waals surface area contributed by atoms with Gasteiger partial charge < -0.3 is 4.74 Å². The summed E-state index contributed by atoms with van der Waals surface area (Å²) in [5.74, 6) is 6.14. The van der Waals surface area contributed by atoms with Gasteiger partial charge >= 0.3 is 5.97 Å². The largest absolute Gasteiger partial charge is 0.457 e. The quantitative estimate of drug-likeness (QED) is 0.482. The molecule has 0 N–H and O–H groups in total. The molecule has 2 bridgehead atoms. The molecule has 122 valence electrons. The SMILES string of the molecule is CC#CCn1c(Cl)nc(C=O)c1C(=O)OC1CC2CCC1CC2. The maximum atomic E-state index is 12.6. The summed E-state index contributed by atoms with van der Waals surface area (Å²) in [4.78, 5) is 27.8. The molecule has 0 amide bonds. The van der Waals surface area contributed by atoms with Gasteiger partial charge in [0, 0.05) is 0 Å². The Morgan fingerprint density at radius 3 is 2.74 bits per heavy atom. The molecule has 3 aliphatic rings. The summed E-state index contributed by atoms with van der Waals surface area (Å²) in [7, 11) is 0. The number of aldehydes is 1. The monoisotopic (exact) mass is 334 g/mol. The Morgan fingerprint density at radius 2 is 2.17 bits per heavy atom. The smallest absolute Gasteiger partial charge is 0.357 e. The second kappa shape index (κ2) is 6.76. The minimum Gasteiger partial charge on any atom is -0.457 e. The van der Waals surface area contributed by atoms with Crippen molar-refractivity contribution in [1.82, 2.24) is 9.55 Å². The number of aromatic nitrogens is 2. The van der Waals surface area contributed by atoms with Gasteiger partial charge in [-0.2, -0.15) is 0 Å². The highest BCUT2D eigenvalue weighted by atomic mass is 35.5. The first-order chi connectivity index (χ1) is 11.1. The maximum absolute atomic E-state index is 12.6. The van der Waals surface area contributed by atoms with E-state index in [-0.39, 0.29) is 29.3 Å². The second-order valence-electron chi connectivity index (χ2n) is 6.21. The molecule has 0 saturated heterocycles. The number of nitrogens with zero attached hydrogens (tertiary/aromatic N) is 2. The number of carbonyl (C=O) groups excluding carboxylic acids is 2. The van der Waals surface area contributed by atoms with Crippen molar-refractivity contribution in [2.75, 3.05) is 0 Å². The van der Waals surface area contributed by atoms with E-state index >= 15 is 0 Å². The molecule has 1 heterocycles. The molecule has 1 aromatic rings. The molecule has 0 aliphatic heterocycles. The number of hydrogen-bond donors (Lipinski definition) is 0. The standard InChI is InChI=1S/C17H19ClN2O3/c1-2-3-8-20-15(13(10-21)19-17(20)18)16(22)23-14-9-11-4-6-12(14)7-5-11/h10-12,14H,4-9H2,1H3. The molecule has 1 atom stereocenters. The van der Waals surface area contributed by atoms with Gasteiger partial charge in [0.1, 0.15) is 11.8 Å². The lowest BCUT2D eigenvalue weighted by atomic mass is 9.69. The first-order valence-corrected chi connectivity index (χ1v) is 8.33. The summed E-state index contributed by atoms with van der Waals surface area (Å²) < 4.78 is 7.16. The van der Waals surface area contributed by atoms with E-state index in [1.807, 2.05) is 0 Å². The number of fused-ring (bicyclic) bond motifs is 3. The molecule has 1 aromatic heterocycles. The van der Waals surface area contributed by atoms with E-state index in [4.69, 9.17) is 16.3 Å². The van der Waals surface area contributed by atoms with Crippen LogP contribution in [0.2, 0.25) is 5.28 Å². The average Bonchev–Trinajstić information content (AvgIpc) is 2.90. The van der Waals surface area contributed by atoms with Crippen LogP contribution in [0, 0.1) is 23.7 Å². The zero-order valence-electron chi connectivity index (χ0n) is 13.0. The number of esters is 1. The zero-order valence-corrected chi connectivity index (χ0v) is 13.8. The summed E-state index contributed by atoms with van der Waals surface area (Å²) in [5.41, 5.74) is 0.119. The van der Waals surface area contributed by atoms with E-state index in [1.165, 1.54) is 17.4 Å². The Balaban J connectivity index is 1.83. The molecule has 4 rings (SSSR count). The van der Waals surface area contributed by atoms with Crippen molar-refractivity contribution in [2.24, 2.45) is 11.8 Å². The molecule has 0 spiro atoms.